The van der Waals surface area contributed by atoms with Crippen molar-refractivity contribution in [2.24, 2.45) is 0 Å². The fourth-order valence-electron chi connectivity index (χ4n) is 10.6. The Morgan fingerprint density at radius 1 is 0.261 bits per heavy atom. The second-order valence-corrected chi connectivity index (χ2v) is 18.8. The Hall–Kier alpha value is -8.78. The summed E-state index contributed by atoms with van der Waals surface area (Å²) < 4.78 is 2.59. The van der Waals surface area contributed by atoms with Crippen molar-refractivity contribution in [1.29, 1.82) is 0 Å². The molecule has 0 aliphatic heterocycles. The first-order valence-electron chi connectivity index (χ1n) is 23.3. The topological polar surface area (TPSA) is 77.3 Å². The van der Waals surface area contributed by atoms with E-state index >= 15 is 0 Å². The fraction of sp³-hybridized carbons (Fsp3) is 0.0323. The molecule has 0 amide bonds. The molecular formula is C62H38N6S. The monoisotopic (exact) mass is 898 g/mol. The molecule has 3 heterocycles. The molecule has 0 radical (unpaired) electrons. The van der Waals surface area contributed by atoms with Gasteiger partial charge in [0.1, 0.15) is 0 Å². The molecule has 0 spiro atoms. The van der Waals surface area contributed by atoms with E-state index in [1.165, 1.54) is 59.1 Å². The van der Waals surface area contributed by atoms with Gasteiger partial charge in [0.2, 0.25) is 0 Å². The van der Waals surface area contributed by atoms with Gasteiger partial charge in [-0.25, -0.2) is 29.9 Å². The summed E-state index contributed by atoms with van der Waals surface area (Å²) in [7, 11) is 0. The minimum absolute atomic E-state index is 0.0242. The summed E-state index contributed by atoms with van der Waals surface area (Å²) in [5.74, 6) is 3.92. The molecule has 69 heavy (non-hydrogen) atoms. The minimum Gasteiger partial charge on any atom is -0.208 e. The van der Waals surface area contributed by atoms with Gasteiger partial charge in [-0.05, 0) is 62.7 Å². The Labute approximate surface area is 402 Å². The van der Waals surface area contributed by atoms with Gasteiger partial charge in [-0.3, -0.25) is 0 Å². The number of thiophene rings is 1. The quantitative estimate of drug-likeness (QED) is 0.159. The lowest BCUT2D eigenvalue weighted by molar-refractivity contribution is 0.754. The summed E-state index contributed by atoms with van der Waals surface area (Å²) in [6.07, 6.45) is 0. The molecule has 12 aromatic rings. The third-order valence-corrected chi connectivity index (χ3v) is 15.0. The van der Waals surface area contributed by atoms with Crippen LogP contribution in [-0.2, 0) is 0 Å². The summed E-state index contributed by atoms with van der Waals surface area (Å²) in [5, 5.41) is 2.59. The van der Waals surface area contributed by atoms with Crippen LogP contribution < -0.4 is 0 Å². The molecule has 15 rings (SSSR count). The Morgan fingerprint density at radius 2 is 0.623 bits per heavy atom. The normalized spacial score (nSPS) is 14.4. The molecule has 0 N–H and O–H groups in total. The van der Waals surface area contributed by atoms with Crippen LogP contribution in [0.25, 0.3) is 99.6 Å². The first-order valence-corrected chi connectivity index (χ1v) is 24.1. The molecular weight excluding hydrogens is 861 g/mol. The summed E-state index contributed by atoms with van der Waals surface area (Å²) >= 11 is 1.85. The molecule has 7 heteroatoms. The van der Waals surface area contributed by atoms with Crippen molar-refractivity contribution in [3.8, 4) is 79.5 Å². The van der Waals surface area contributed by atoms with Crippen molar-refractivity contribution in [3.05, 3.63) is 252 Å². The molecule has 2 atom stereocenters. The Morgan fingerprint density at radius 3 is 1.12 bits per heavy atom. The van der Waals surface area contributed by atoms with Crippen LogP contribution in [0.5, 0.6) is 0 Å². The standard InChI is InChI=1S/C62H38N6S/c1-4-15-38(16-5-1)57-63-58(39-17-6-2-7-18-39)66-61(65-57)42-31-33-48-51(35-42)54-46-22-10-11-23-47(46)55(48)52-36-43(32-34-49(52)54)62-67-59(40-19-8-3-9-20-40)64-60(68-62)41-29-27-37(28-30-41)44-24-14-25-50-45-21-12-13-26-53(45)69-56(44)50/h1-36,54-55H. The van der Waals surface area contributed by atoms with Gasteiger partial charge in [0.15, 0.2) is 34.9 Å². The summed E-state index contributed by atoms with van der Waals surface area (Å²) in [6.45, 7) is 0. The zero-order chi connectivity index (χ0) is 45.4. The Balaban J connectivity index is 0.863. The maximum atomic E-state index is 5.24. The van der Waals surface area contributed by atoms with Crippen LogP contribution in [0.2, 0.25) is 0 Å². The zero-order valence-corrected chi connectivity index (χ0v) is 37.8. The van der Waals surface area contributed by atoms with Crippen molar-refractivity contribution in [2.45, 2.75) is 11.8 Å². The molecule has 2 bridgehead atoms. The van der Waals surface area contributed by atoms with Crippen molar-refractivity contribution < 1.29 is 0 Å². The lowest BCUT2D eigenvalue weighted by Crippen LogP contribution is -2.27. The van der Waals surface area contributed by atoms with Crippen molar-refractivity contribution in [2.75, 3.05) is 0 Å². The highest BCUT2D eigenvalue weighted by atomic mass is 32.1. The van der Waals surface area contributed by atoms with E-state index in [1.807, 2.05) is 90.2 Å². The van der Waals surface area contributed by atoms with Crippen LogP contribution >= 0.6 is 11.3 Å². The lowest BCUT2D eigenvalue weighted by atomic mass is 9.61. The maximum Gasteiger partial charge on any atom is 0.164 e. The Kier molecular flexibility index (Phi) is 9.10. The number of rotatable bonds is 7. The average Bonchev–Trinajstić information content (AvgIpc) is 3.82. The summed E-state index contributed by atoms with van der Waals surface area (Å²) in [6, 6.07) is 77.0. The van der Waals surface area contributed by atoms with Gasteiger partial charge in [-0.1, -0.05) is 200 Å². The smallest absolute Gasteiger partial charge is 0.164 e. The van der Waals surface area contributed by atoms with Gasteiger partial charge in [-0.15, -0.1) is 11.3 Å². The molecule has 322 valence electrons. The van der Waals surface area contributed by atoms with Gasteiger partial charge in [0.25, 0.3) is 0 Å². The number of aromatic nitrogens is 6. The number of benzene rings is 9. The van der Waals surface area contributed by atoms with E-state index in [4.69, 9.17) is 29.9 Å². The number of hydrogen-bond acceptors (Lipinski definition) is 7. The molecule has 3 aromatic heterocycles. The predicted molar refractivity (Wildman–Crippen MR) is 279 cm³/mol. The van der Waals surface area contributed by atoms with E-state index in [1.54, 1.807) is 0 Å². The molecule has 3 aliphatic carbocycles. The molecule has 3 aliphatic rings. The fourth-order valence-corrected chi connectivity index (χ4v) is 11.8. The Bertz CT molecular complexity index is 3910. The van der Waals surface area contributed by atoms with E-state index in [2.05, 4.69) is 140 Å². The van der Waals surface area contributed by atoms with Crippen LogP contribution in [0.15, 0.2) is 218 Å². The third kappa shape index (κ3) is 6.61. The van der Waals surface area contributed by atoms with Gasteiger partial charge < -0.3 is 0 Å². The highest BCUT2D eigenvalue weighted by Gasteiger charge is 2.41. The number of fused-ring (bicyclic) bond motifs is 3. The maximum absolute atomic E-state index is 5.24. The second-order valence-electron chi connectivity index (χ2n) is 17.8. The molecule has 2 unspecified atom stereocenters. The van der Waals surface area contributed by atoms with Gasteiger partial charge in [0.05, 0.1) is 0 Å². The number of nitrogens with zero attached hydrogens (tertiary/aromatic N) is 6. The molecule has 9 aromatic carbocycles. The van der Waals surface area contributed by atoms with E-state index in [-0.39, 0.29) is 11.8 Å². The predicted octanol–water partition coefficient (Wildman–Crippen LogP) is 15.1. The molecule has 6 nitrogen and oxygen atoms in total. The van der Waals surface area contributed by atoms with Crippen molar-refractivity contribution in [3.63, 3.8) is 0 Å². The van der Waals surface area contributed by atoms with Crippen molar-refractivity contribution in [1.82, 2.24) is 29.9 Å². The average molecular weight is 899 g/mol. The van der Waals surface area contributed by atoms with Crippen LogP contribution in [0.1, 0.15) is 45.2 Å². The van der Waals surface area contributed by atoms with Crippen LogP contribution in [0, 0.1) is 0 Å². The summed E-state index contributed by atoms with van der Waals surface area (Å²) in [5.41, 5.74) is 15.9. The molecule has 0 fully saturated rings. The van der Waals surface area contributed by atoms with Crippen LogP contribution in [0.3, 0.4) is 0 Å². The lowest BCUT2D eigenvalue weighted by Gasteiger charge is -2.42. The SMILES string of the molecule is c1ccc(-c2nc(-c3ccccc3)nc(-c3ccc4c(c3)C3c5ccccc5C4c4cc(-c5nc(-c6ccccc6)nc(-c6ccc(-c7cccc8c7sc7ccccc78)cc6)n5)ccc43)n2)cc1. The summed E-state index contributed by atoms with van der Waals surface area (Å²) in [4.78, 5) is 30.7. The second kappa shape index (κ2) is 15.9. The van der Waals surface area contributed by atoms with Gasteiger partial charge >= 0.3 is 0 Å². The third-order valence-electron chi connectivity index (χ3n) is 13.8. The molecule has 0 saturated heterocycles. The van der Waals surface area contributed by atoms with E-state index in [9.17, 15) is 0 Å². The first kappa shape index (κ1) is 39.4. The van der Waals surface area contributed by atoms with Crippen LogP contribution in [-0.4, -0.2) is 29.9 Å². The van der Waals surface area contributed by atoms with Crippen molar-refractivity contribution >= 4 is 31.5 Å². The van der Waals surface area contributed by atoms with Crippen LogP contribution in [0.4, 0.5) is 0 Å². The van der Waals surface area contributed by atoms with E-state index in [0.29, 0.717) is 34.9 Å². The highest BCUT2D eigenvalue weighted by molar-refractivity contribution is 7.26. The number of hydrogen-bond donors (Lipinski definition) is 0. The van der Waals surface area contributed by atoms with E-state index in [0.717, 1.165) is 38.9 Å². The first-order chi connectivity index (χ1) is 34.2. The highest BCUT2D eigenvalue weighted by Crippen LogP contribution is 2.56. The van der Waals surface area contributed by atoms with Gasteiger partial charge in [0, 0.05) is 65.4 Å². The van der Waals surface area contributed by atoms with Gasteiger partial charge in [-0.2, -0.15) is 0 Å². The molecule has 0 saturated carbocycles. The van der Waals surface area contributed by atoms with E-state index < -0.39 is 0 Å². The minimum atomic E-state index is 0.0242. The largest absolute Gasteiger partial charge is 0.208 e. The zero-order valence-electron chi connectivity index (χ0n) is 37.0.